The molecule has 0 bridgehead atoms. The van der Waals surface area contributed by atoms with E-state index in [0.717, 1.165) is 67.1 Å². The van der Waals surface area contributed by atoms with Crippen molar-refractivity contribution in [1.82, 2.24) is 14.5 Å². The number of rotatable bonds is 5. The molecule has 8 heteroatoms. The second kappa shape index (κ2) is 8.43. The van der Waals surface area contributed by atoms with Gasteiger partial charge < -0.3 is 4.57 Å². The number of fused-ring (bicyclic) bond motifs is 3. The van der Waals surface area contributed by atoms with Gasteiger partial charge in [-0.3, -0.25) is 4.90 Å². The summed E-state index contributed by atoms with van der Waals surface area (Å²) in [6.07, 6.45) is 6.80. The lowest BCUT2D eigenvalue weighted by Gasteiger charge is -2.23. The molecular weight excluding hydrogens is 432 g/mol. The standard InChI is InChI=1S/C23H29ClN4O2S/c1-5-16(6-2)18-9-10-19(24)20-21(18)27-11-7-8-12-28(23(27)26-20)22-15(3)13-17(14-25-22)31(4,29)30/h9-10,13-14,16H,5-8,11-12H2,1-4H3. The zero-order chi connectivity index (χ0) is 22.3. The van der Waals surface area contributed by atoms with Gasteiger partial charge in [0.2, 0.25) is 5.95 Å². The van der Waals surface area contributed by atoms with Gasteiger partial charge in [-0.2, -0.15) is 0 Å². The first kappa shape index (κ1) is 22.1. The number of benzene rings is 1. The maximum absolute atomic E-state index is 12.0. The molecule has 1 aliphatic heterocycles. The summed E-state index contributed by atoms with van der Waals surface area (Å²) in [5, 5.41) is 0.655. The van der Waals surface area contributed by atoms with Gasteiger partial charge in [-0.05, 0) is 61.8 Å². The monoisotopic (exact) mass is 460 g/mol. The van der Waals surface area contributed by atoms with Gasteiger partial charge in [-0.25, -0.2) is 18.4 Å². The molecule has 0 N–H and O–H groups in total. The Labute approximate surface area is 189 Å². The number of anilines is 2. The Morgan fingerprint density at radius 1 is 1.16 bits per heavy atom. The van der Waals surface area contributed by atoms with Crippen LogP contribution < -0.4 is 4.90 Å². The van der Waals surface area contributed by atoms with Crippen molar-refractivity contribution in [3.63, 3.8) is 0 Å². The van der Waals surface area contributed by atoms with Crippen molar-refractivity contribution < 1.29 is 8.42 Å². The number of halogens is 1. The fourth-order valence-corrected chi connectivity index (χ4v) is 5.39. The molecule has 0 aliphatic carbocycles. The first-order valence-corrected chi connectivity index (χ1v) is 13.2. The average molecular weight is 461 g/mol. The van der Waals surface area contributed by atoms with E-state index in [1.807, 2.05) is 13.0 Å². The largest absolute Gasteiger partial charge is 0.309 e. The number of aromatic nitrogens is 3. The van der Waals surface area contributed by atoms with E-state index in [0.29, 0.717) is 10.9 Å². The van der Waals surface area contributed by atoms with Crippen molar-refractivity contribution >= 4 is 44.2 Å². The van der Waals surface area contributed by atoms with E-state index < -0.39 is 9.84 Å². The minimum absolute atomic E-state index is 0.233. The molecule has 0 saturated heterocycles. The van der Waals surface area contributed by atoms with Crippen LogP contribution in [-0.4, -0.2) is 35.8 Å². The van der Waals surface area contributed by atoms with Gasteiger partial charge in [0.1, 0.15) is 11.3 Å². The fourth-order valence-electron chi connectivity index (χ4n) is 4.56. The predicted molar refractivity (Wildman–Crippen MR) is 126 cm³/mol. The topological polar surface area (TPSA) is 68.1 Å². The molecule has 1 aromatic carbocycles. The van der Waals surface area contributed by atoms with Gasteiger partial charge in [-0.1, -0.05) is 31.5 Å². The maximum Gasteiger partial charge on any atom is 0.212 e. The van der Waals surface area contributed by atoms with Gasteiger partial charge >= 0.3 is 0 Å². The van der Waals surface area contributed by atoms with Crippen molar-refractivity contribution in [2.75, 3.05) is 17.7 Å². The maximum atomic E-state index is 12.0. The molecule has 3 aromatic rings. The normalized spacial score (nSPS) is 14.8. The molecule has 1 aliphatic rings. The molecule has 0 saturated carbocycles. The molecule has 0 amide bonds. The van der Waals surface area contributed by atoms with Crippen LogP contribution in [0.2, 0.25) is 5.02 Å². The zero-order valence-electron chi connectivity index (χ0n) is 18.5. The highest BCUT2D eigenvalue weighted by molar-refractivity contribution is 7.90. The molecule has 0 atom stereocenters. The Morgan fingerprint density at radius 3 is 2.52 bits per heavy atom. The molecule has 3 heterocycles. The van der Waals surface area contributed by atoms with Crippen molar-refractivity contribution in [2.45, 2.75) is 63.8 Å². The van der Waals surface area contributed by atoms with Gasteiger partial charge in [0.05, 0.1) is 15.4 Å². The molecule has 0 unspecified atom stereocenters. The van der Waals surface area contributed by atoms with Gasteiger partial charge in [-0.15, -0.1) is 0 Å². The Bertz CT molecular complexity index is 1230. The third kappa shape index (κ3) is 3.94. The molecule has 4 rings (SSSR count). The lowest BCUT2D eigenvalue weighted by molar-refractivity contribution is 0.601. The van der Waals surface area contributed by atoms with Gasteiger partial charge in [0.25, 0.3) is 0 Å². The van der Waals surface area contributed by atoms with Crippen LogP contribution in [0.25, 0.3) is 11.0 Å². The van der Waals surface area contributed by atoms with Crippen LogP contribution in [0.15, 0.2) is 29.3 Å². The molecule has 0 fully saturated rings. The highest BCUT2D eigenvalue weighted by Gasteiger charge is 2.27. The number of pyridine rings is 1. The van der Waals surface area contributed by atoms with Crippen LogP contribution in [0.3, 0.4) is 0 Å². The van der Waals surface area contributed by atoms with Crippen molar-refractivity contribution in [3.05, 3.63) is 40.5 Å². The summed E-state index contributed by atoms with van der Waals surface area (Å²) < 4.78 is 26.2. The molecule has 166 valence electrons. The summed E-state index contributed by atoms with van der Waals surface area (Å²) in [5.74, 6) is 2.02. The van der Waals surface area contributed by atoms with Gasteiger partial charge in [0.15, 0.2) is 9.84 Å². The van der Waals surface area contributed by atoms with E-state index in [1.54, 1.807) is 6.07 Å². The Hall–Kier alpha value is -2.12. The van der Waals surface area contributed by atoms with Crippen LogP contribution in [-0.2, 0) is 16.4 Å². The van der Waals surface area contributed by atoms with E-state index in [1.165, 1.54) is 18.0 Å². The zero-order valence-corrected chi connectivity index (χ0v) is 20.1. The van der Waals surface area contributed by atoms with Crippen LogP contribution >= 0.6 is 11.6 Å². The number of hydrogen-bond acceptors (Lipinski definition) is 5. The van der Waals surface area contributed by atoms with Crippen LogP contribution in [0.1, 0.15) is 56.6 Å². The van der Waals surface area contributed by atoms with E-state index in [9.17, 15) is 8.42 Å². The molecule has 6 nitrogen and oxygen atoms in total. The molecular formula is C23H29ClN4O2S. The summed E-state index contributed by atoms with van der Waals surface area (Å²) in [6.45, 7) is 7.98. The minimum atomic E-state index is -3.31. The first-order valence-electron chi connectivity index (χ1n) is 10.9. The highest BCUT2D eigenvalue weighted by Crippen LogP contribution is 2.39. The number of sulfone groups is 1. The van der Waals surface area contributed by atoms with Gasteiger partial charge in [0, 0.05) is 25.5 Å². The average Bonchev–Trinajstić information content (AvgIpc) is 2.98. The lowest BCUT2D eigenvalue weighted by Crippen LogP contribution is -2.22. The Balaban J connectivity index is 1.93. The Kier molecular flexibility index (Phi) is 6.01. The summed E-state index contributed by atoms with van der Waals surface area (Å²) in [6, 6.07) is 5.80. The van der Waals surface area contributed by atoms with E-state index in [4.69, 9.17) is 16.6 Å². The first-order chi connectivity index (χ1) is 14.8. The van der Waals surface area contributed by atoms with E-state index in [2.05, 4.69) is 34.4 Å². The molecule has 2 aromatic heterocycles. The smallest absolute Gasteiger partial charge is 0.212 e. The third-order valence-corrected chi connectivity index (χ3v) is 7.63. The fraction of sp³-hybridized carbons (Fsp3) is 0.478. The number of nitrogens with zero attached hydrogens (tertiary/aromatic N) is 4. The van der Waals surface area contributed by atoms with E-state index >= 15 is 0 Å². The van der Waals surface area contributed by atoms with Crippen molar-refractivity contribution in [2.24, 2.45) is 0 Å². The van der Waals surface area contributed by atoms with E-state index in [-0.39, 0.29) is 4.90 Å². The Morgan fingerprint density at radius 2 is 1.87 bits per heavy atom. The van der Waals surface area contributed by atoms with Crippen molar-refractivity contribution in [1.29, 1.82) is 0 Å². The summed E-state index contributed by atoms with van der Waals surface area (Å²) in [7, 11) is -3.31. The van der Waals surface area contributed by atoms with Crippen molar-refractivity contribution in [3.8, 4) is 0 Å². The number of aryl methyl sites for hydroxylation is 2. The molecule has 0 radical (unpaired) electrons. The van der Waals surface area contributed by atoms with Crippen LogP contribution in [0.5, 0.6) is 0 Å². The quantitative estimate of drug-likeness (QED) is 0.493. The summed E-state index contributed by atoms with van der Waals surface area (Å²) in [4.78, 5) is 11.9. The number of imidazole rings is 1. The highest BCUT2D eigenvalue weighted by atomic mass is 35.5. The summed E-state index contributed by atoms with van der Waals surface area (Å²) >= 11 is 6.60. The predicted octanol–water partition coefficient (Wildman–Crippen LogP) is 5.63. The molecule has 0 spiro atoms. The third-order valence-electron chi connectivity index (χ3n) is 6.25. The second-order valence-corrected chi connectivity index (χ2v) is 10.8. The lowest BCUT2D eigenvalue weighted by atomic mass is 9.93. The second-order valence-electron chi connectivity index (χ2n) is 8.35. The minimum Gasteiger partial charge on any atom is -0.309 e. The molecule has 31 heavy (non-hydrogen) atoms. The summed E-state index contributed by atoms with van der Waals surface area (Å²) in [5.41, 5.74) is 4.06. The van der Waals surface area contributed by atoms with Crippen LogP contribution in [0, 0.1) is 6.92 Å². The van der Waals surface area contributed by atoms with Crippen LogP contribution in [0.4, 0.5) is 11.8 Å². The number of hydrogen-bond donors (Lipinski definition) is 0. The SMILES string of the molecule is CCC(CC)c1ccc(Cl)c2nc3n(c12)CCCCN3c1ncc(S(C)(=O)=O)cc1C.